The Labute approximate surface area is 133 Å². The Morgan fingerprint density at radius 2 is 1.96 bits per heavy atom. The van der Waals surface area contributed by atoms with Crippen LogP contribution in [0.4, 0.5) is 0 Å². The first-order valence-electron chi connectivity index (χ1n) is 6.95. The molecular weight excluding hydrogens is 294 g/mol. The van der Waals surface area contributed by atoms with Crippen LogP contribution in [0.1, 0.15) is 11.1 Å². The maximum Gasteiger partial charge on any atom is 0.275 e. The smallest absolute Gasteiger partial charge is 0.275 e. The van der Waals surface area contributed by atoms with Crippen molar-refractivity contribution in [2.75, 3.05) is 14.2 Å². The van der Waals surface area contributed by atoms with Gasteiger partial charge in [0.25, 0.3) is 5.91 Å². The van der Waals surface area contributed by atoms with Crippen molar-refractivity contribution in [1.82, 2.24) is 10.3 Å². The van der Waals surface area contributed by atoms with Crippen LogP contribution in [-0.2, 0) is 4.79 Å². The minimum Gasteiger partial charge on any atom is -0.493 e. The summed E-state index contributed by atoms with van der Waals surface area (Å²) in [6.45, 7) is 0. The van der Waals surface area contributed by atoms with Crippen LogP contribution < -0.4 is 14.8 Å². The van der Waals surface area contributed by atoms with Crippen LogP contribution >= 0.6 is 0 Å². The zero-order valence-corrected chi connectivity index (χ0v) is 12.7. The lowest BCUT2D eigenvalue weighted by Crippen LogP contribution is -2.24. The van der Waals surface area contributed by atoms with E-state index < -0.39 is 0 Å². The maximum atomic E-state index is 12.1. The molecule has 0 fully saturated rings. The zero-order chi connectivity index (χ0) is 16.2. The van der Waals surface area contributed by atoms with Gasteiger partial charge in [-0.25, -0.2) is 4.99 Å². The molecule has 2 aromatic rings. The first-order chi connectivity index (χ1) is 11.2. The predicted molar refractivity (Wildman–Crippen MR) is 86.4 cm³/mol. The Morgan fingerprint density at radius 3 is 2.65 bits per heavy atom. The number of nitrogens with one attached hydrogen (secondary N) is 1. The van der Waals surface area contributed by atoms with Gasteiger partial charge in [-0.2, -0.15) is 0 Å². The molecule has 3 rings (SSSR count). The van der Waals surface area contributed by atoms with Crippen molar-refractivity contribution in [3.05, 3.63) is 59.5 Å². The number of hydrogen-bond acceptors (Lipinski definition) is 5. The van der Waals surface area contributed by atoms with Gasteiger partial charge < -0.3 is 14.8 Å². The van der Waals surface area contributed by atoms with Crippen molar-refractivity contribution in [2.45, 2.75) is 0 Å². The third-order valence-corrected chi connectivity index (χ3v) is 3.34. The molecule has 0 aliphatic carbocycles. The molecule has 1 aliphatic rings. The molecule has 116 valence electrons. The fourth-order valence-electron chi connectivity index (χ4n) is 2.21. The van der Waals surface area contributed by atoms with E-state index in [2.05, 4.69) is 15.3 Å². The first-order valence-corrected chi connectivity index (χ1v) is 6.95. The Bertz CT molecular complexity index is 798. The number of ether oxygens (including phenoxy) is 2. The van der Waals surface area contributed by atoms with Gasteiger partial charge in [0.2, 0.25) is 0 Å². The number of amides is 1. The van der Waals surface area contributed by atoms with Crippen molar-refractivity contribution in [3.8, 4) is 11.5 Å². The summed E-state index contributed by atoms with van der Waals surface area (Å²) >= 11 is 0. The van der Waals surface area contributed by atoms with Crippen LogP contribution in [0.5, 0.6) is 11.5 Å². The molecule has 0 unspecified atom stereocenters. The van der Waals surface area contributed by atoms with Crippen molar-refractivity contribution in [3.63, 3.8) is 0 Å². The third kappa shape index (κ3) is 3.06. The minimum absolute atomic E-state index is 0.251. The number of methoxy groups -OCH3 is 2. The minimum atomic E-state index is -0.251. The van der Waals surface area contributed by atoms with Crippen LogP contribution in [-0.4, -0.2) is 30.9 Å². The van der Waals surface area contributed by atoms with Crippen LogP contribution in [0.25, 0.3) is 6.08 Å². The van der Waals surface area contributed by atoms with Gasteiger partial charge >= 0.3 is 0 Å². The van der Waals surface area contributed by atoms with E-state index in [9.17, 15) is 4.79 Å². The summed E-state index contributed by atoms with van der Waals surface area (Å²) in [5.74, 6) is 1.42. The second-order valence-electron chi connectivity index (χ2n) is 4.80. The van der Waals surface area contributed by atoms with E-state index in [1.807, 2.05) is 12.1 Å². The highest BCUT2D eigenvalue weighted by atomic mass is 16.5. The fraction of sp³-hybridized carbons (Fsp3) is 0.118. The van der Waals surface area contributed by atoms with Crippen LogP contribution in [0.2, 0.25) is 0 Å². The van der Waals surface area contributed by atoms with Gasteiger partial charge in [-0.05, 0) is 35.9 Å². The molecule has 0 bridgehead atoms. The highest BCUT2D eigenvalue weighted by Gasteiger charge is 2.22. The molecule has 6 nitrogen and oxygen atoms in total. The number of rotatable bonds is 4. The van der Waals surface area contributed by atoms with Gasteiger partial charge in [-0.3, -0.25) is 9.78 Å². The topological polar surface area (TPSA) is 72.8 Å². The molecule has 0 radical (unpaired) electrons. The normalized spacial score (nSPS) is 15.3. The molecule has 6 heteroatoms. The second kappa shape index (κ2) is 6.31. The summed E-state index contributed by atoms with van der Waals surface area (Å²) in [6, 6.07) is 9.01. The van der Waals surface area contributed by atoms with E-state index in [-0.39, 0.29) is 5.91 Å². The molecule has 1 aromatic heterocycles. The quantitative estimate of drug-likeness (QED) is 0.877. The number of aliphatic imine (C=N–C) groups is 1. The Balaban J connectivity index is 1.94. The Hall–Kier alpha value is -3.15. The average molecular weight is 309 g/mol. The highest BCUT2D eigenvalue weighted by molar-refractivity contribution is 6.19. The van der Waals surface area contributed by atoms with Gasteiger partial charge in [0.15, 0.2) is 11.5 Å². The molecule has 1 amide bonds. The molecule has 1 aliphatic heterocycles. The van der Waals surface area contributed by atoms with Gasteiger partial charge in [-0.1, -0.05) is 6.07 Å². The molecule has 1 N–H and O–H groups in total. The van der Waals surface area contributed by atoms with Crippen molar-refractivity contribution >= 4 is 17.8 Å². The SMILES string of the molecule is COc1ccc(C2=N/C(=C/c3cccnc3)C(=O)N2)cc1OC. The third-order valence-electron chi connectivity index (χ3n) is 3.34. The number of benzene rings is 1. The first kappa shape index (κ1) is 14.8. The fourth-order valence-corrected chi connectivity index (χ4v) is 2.21. The van der Waals surface area contributed by atoms with Crippen LogP contribution in [0, 0.1) is 0 Å². The van der Waals surface area contributed by atoms with Crippen LogP contribution in [0.3, 0.4) is 0 Å². The van der Waals surface area contributed by atoms with Crippen molar-refractivity contribution < 1.29 is 14.3 Å². The van der Waals surface area contributed by atoms with E-state index in [1.54, 1.807) is 50.9 Å². The van der Waals surface area contributed by atoms with E-state index >= 15 is 0 Å². The van der Waals surface area contributed by atoms with E-state index in [0.29, 0.717) is 23.0 Å². The molecule has 0 saturated carbocycles. The standard InChI is InChI=1S/C17H15N3O3/c1-22-14-6-5-12(9-15(14)23-2)16-19-13(17(21)20-16)8-11-4-3-7-18-10-11/h3-10H,1-2H3,(H,19,20,21)/b13-8+. The van der Waals surface area contributed by atoms with Crippen LogP contribution in [0.15, 0.2) is 53.4 Å². The van der Waals surface area contributed by atoms with Gasteiger partial charge in [0.1, 0.15) is 11.5 Å². The molecule has 1 aromatic carbocycles. The van der Waals surface area contributed by atoms with E-state index in [4.69, 9.17) is 9.47 Å². The lowest BCUT2D eigenvalue weighted by atomic mass is 10.2. The van der Waals surface area contributed by atoms with Gasteiger partial charge in [-0.15, -0.1) is 0 Å². The number of nitrogens with zero attached hydrogens (tertiary/aromatic N) is 2. The number of amidine groups is 1. The summed E-state index contributed by atoms with van der Waals surface area (Å²) in [7, 11) is 3.13. The summed E-state index contributed by atoms with van der Waals surface area (Å²) in [5, 5.41) is 2.76. The summed E-state index contributed by atoms with van der Waals surface area (Å²) in [5.41, 5.74) is 1.89. The average Bonchev–Trinajstić information content (AvgIpc) is 2.96. The van der Waals surface area contributed by atoms with Gasteiger partial charge in [0, 0.05) is 18.0 Å². The molecule has 2 heterocycles. The number of carbonyl (C=O) groups is 1. The van der Waals surface area contributed by atoms with Crippen molar-refractivity contribution in [2.24, 2.45) is 4.99 Å². The lowest BCUT2D eigenvalue weighted by Gasteiger charge is -2.09. The van der Waals surface area contributed by atoms with Crippen molar-refractivity contribution in [1.29, 1.82) is 0 Å². The molecule has 0 saturated heterocycles. The summed E-state index contributed by atoms with van der Waals surface area (Å²) in [4.78, 5) is 20.4. The van der Waals surface area contributed by atoms with E-state index in [0.717, 1.165) is 11.1 Å². The predicted octanol–water partition coefficient (Wildman–Crippen LogP) is 2.02. The lowest BCUT2D eigenvalue weighted by molar-refractivity contribution is -0.115. The molecule has 0 spiro atoms. The second-order valence-corrected chi connectivity index (χ2v) is 4.80. The zero-order valence-electron chi connectivity index (χ0n) is 12.7. The monoisotopic (exact) mass is 309 g/mol. The molecular formula is C17H15N3O3. The number of carbonyl (C=O) groups excluding carboxylic acids is 1. The van der Waals surface area contributed by atoms with E-state index in [1.165, 1.54) is 0 Å². The molecule has 23 heavy (non-hydrogen) atoms. The maximum absolute atomic E-state index is 12.1. The largest absolute Gasteiger partial charge is 0.493 e. The highest BCUT2D eigenvalue weighted by Crippen LogP contribution is 2.28. The number of aromatic nitrogens is 1. The summed E-state index contributed by atoms with van der Waals surface area (Å²) < 4.78 is 10.5. The number of pyridine rings is 1. The Morgan fingerprint density at radius 1 is 1.13 bits per heavy atom. The summed E-state index contributed by atoms with van der Waals surface area (Å²) in [6.07, 6.45) is 5.04. The molecule has 0 atom stereocenters. The van der Waals surface area contributed by atoms with Gasteiger partial charge in [0.05, 0.1) is 14.2 Å². The Kier molecular flexibility index (Phi) is 4.05. The number of hydrogen-bond donors (Lipinski definition) is 1.